The van der Waals surface area contributed by atoms with Crippen molar-refractivity contribution in [2.75, 3.05) is 14.1 Å². The molecule has 2 rings (SSSR count). The molecule has 1 aromatic heterocycles. The fourth-order valence-corrected chi connectivity index (χ4v) is 3.45. The van der Waals surface area contributed by atoms with Crippen molar-refractivity contribution in [3.8, 4) is 0 Å². The van der Waals surface area contributed by atoms with Gasteiger partial charge in [0.2, 0.25) is 0 Å². The third kappa shape index (κ3) is 2.22. The lowest BCUT2D eigenvalue weighted by Crippen LogP contribution is -2.41. The second-order valence-electron chi connectivity index (χ2n) is 4.36. The summed E-state index contributed by atoms with van der Waals surface area (Å²) in [6.07, 6.45) is 4.56. The summed E-state index contributed by atoms with van der Waals surface area (Å²) in [5.74, 6) is 0. The summed E-state index contributed by atoms with van der Waals surface area (Å²) >= 11 is 0. The summed E-state index contributed by atoms with van der Waals surface area (Å²) in [6, 6.07) is 0.144. The molecule has 0 atom stereocenters. The number of aromatic amines is 1. The average Bonchev–Trinajstić information content (AvgIpc) is 2.64. The first-order chi connectivity index (χ1) is 8.07. The lowest BCUT2D eigenvalue weighted by atomic mass is 9.94. The second kappa shape index (κ2) is 4.75. The smallest absolute Gasteiger partial charge is 0.260 e. The summed E-state index contributed by atoms with van der Waals surface area (Å²) in [5.41, 5.74) is 0.679. The van der Waals surface area contributed by atoms with Gasteiger partial charge in [0.05, 0.1) is 6.20 Å². The zero-order chi connectivity index (χ0) is 12.5. The fourth-order valence-electron chi connectivity index (χ4n) is 1.93. The molecule has 1 aromatic rings. The molecule has 2 N–H and O–H groups in total. The van der Waals surface area contributed by atoms with Crippen LogP contribution in [-0.4, -0.2) is 43.1 Å². The third-order valence-electron chi connectivity index (χ3n) is 3.27. The van der Waals surface area contributed by atoms with Crippen molar-refractivity contribution in [1.29, 1.82) is 0 Å². The van der Waals surface area contributed by atoms with Gasteiger partial charge in [-0.15, -0.1) is 0 Å². The van der Waals surface area contributed by atoms with Crippen LogP contribution in [0.15, 0.2) is 11.2 Å². The Labute approximate surface area is 101 Å². The maximum atomic E-state index is 12.4. The molecule has 0 aromatic carbocycles. The molecule has 0 unspecified atom stereocenters. The molecule has 0 radical (unpaired) electrons. The standard InChI is InChI=1S/C10H18N4O2S/c1-11-6-8-7-12-13-10(8)17(15,16)14(2)9-4-3-5-9/h7,9,11H,3-6H2,1-2H3,(H,12,13). The van der Waals surface area contributed by atoms with Crippen LogP contribution in [0.2, 0.25) is 0 Å². The summed E-state index contributed by atoms with van der Waals surface area (Å²) < 4.78 is 26.2. The molecule has 0 amide bonds. The van der Waals surface area contributed by atoms with Crippen LogP contribution in [0.4, 0.5) is 0 Å². The molecule has 0 saturated heterocycles. The van der Waals surface area contributed by atoms with Crippen LogP contribution < -0.4 is 5.32 Å². The highest BCUT2D eigenvalue weighted by Crippen LogP contribution is 2.28. The van der Waals surface area contributed by atoms with E-state index >= 15 is 0 Å². The van der Waals surface area contributed by atoms with Gasteiger partial charge in [-0.1, -0.05) is 6.42 Å². The Hall–Kier alpha value is -0.920. The molecule has 1 aliphatic carbocycles. The van der Waals surface area contributed by atoms with Crippen molar-refractivity contribution < 1.29 is 8.42 Å². The van der Waals surface area contributed by atoms with E-state index in [9.17, 15) is 8.42 Å². The normalized spacial score (nSPS) is 17.4. The SMILES string of the molecule is CNCc1cn[nH]c1S(=O)(=O)N(C)C1CCC1. The summed E-state index contributed by atoms with van der Waals surface area (Å²) in [4.78, 5) is 0. The Balaban J connectivity index is 2.27. The van der Waals surface area contributed by atoms with Crippen LogP contribution in [0.5, 0.6) is 0 Å². The fraction of sp³-hybridized carbons (Fsp3) is 0.700. The first kappa shape index (κ1) is 12.5. The Morgan fingerprint density at radius 3 is 2.82 bits per heavy atom. The number of aromatic nitrogens is 2. The topological polar surface area (TPSA) is 78.1 Å². The number of sulfonamides is 1. The van der Waals surface area contributed by atoms with E-state index in [-0.39, 0.29) is 11.1 Å². The minimum absolute atomic E-state index is 0.144. The summed E-state index contributed by atoms with van der Waals surface area (Å²) in [6.45, 7) is 0.490. The molecular formula is C10H18N4O2S. The number of nitrogens with one attached hydrogen (secondary N) is 2. The number of rotatable bonds is 5. The zero-order valence-corrected chi connectivity index (χ0v) is 10.9. The minimum Gasteiger partial charge on any atom is -0.316 e. The van der Waals surface area contributed by atoms with Crippen LogP contribution in [-0.2, 0) is 16.6 Å². The quantitative estimate of drug-likeness (QED) is 0.796. The van der Waals surface area contributed by atoms with E-state index in [0.717, 1.165) is 19.3 Å². The summed E-state index contributed by atoms with van der Waals surface area (Å²) in [5, 5.41) is 9.56. The van der Waals surface area contributed by atoms with Gasteiger partial charge in [0.25, 0.3) is 10.0 Å². The van der Waals surface area contributed by atoms with Crippen molar-refractivity contribution in [2.24, 2.45) is 0 Å². The van der Waals surface area contributed by atoms with Gasteiger partial charge in [-0.3, -0.25) is 5.10 Å². The molecule has 1 aliphatic rings. The van der Waals surface area contributed by atoms with Gasteiger partial charge < -0.3 is 5.32 Å². The molecular weight excluding hydrogens is 240 g/mol. The largest absolute Gasteiger partial charge is 0.316 e. The molecule has 7 heteroatoms. The maximum absolute atomic E-state index is 12.4. The molecule has 1 saturated carbocycles. The lowest BCUT2D eigenvalue weighted by molar-refractivity contribution is 0.249. The molecule has 96 valence electrons. The van der Waals surface area contributed by atoms with E-state index in [1.165, 1.54) is 4.31 Å². The van der Waals surface area contributed by atoms with Gasteiger partial charge in [-0.2, -0.15) is 9.40 Å². The molecule has 0 bridgehead atoms. The Morgan fingerprint density at radius 1 is 1.59 bits per heavy atom. The molecule has 17 heavy (non-hydrogen) atoms. The molecule has 1 heterocycles. The van der Waals surface area contributed by atoms with E-state index in [1.54, 1.807) is 20.3 Å². The van der Waals surface area contributed by atoms with Crippen LogP contribution >= 0.6 is 0 Å². The predicted molar refractivity (Wildman–Crippen MR) is 63.9 cm³/mol. The highest BCUT2D eigenvalue weighted by atomic mass is 32.2. The Bertz CT molecular complexity index is 478. The number of nitrogens with zero attached hydrogens (tertiary/aromatic N) is 2. The van der Waals surface area contributed by atoms with Gasteiger partial charge in [0, 0.05) is 25.2 Å². The zero-order valence-electron chi connectivity index (χ0n) is 10.1. The van der Waals surface area contributed by atoms with Crippen molar-refractivity contribution in [1.82, 2.24) is 19.8 Å². The first-order valence-electron chi connectivity index (χ1n) is 5.72. The highest BCUT2D eigenvalue weighted by Gasteiger charge is 2.33. The number of hydrogen-bond donors (Lipinski definition) is 2. The van der Waals surface area contributed by atoms with Gasteiger partial charge >= 0.3 is 0 Å². The maximum Gasteiger partial charge on any atom is 0.260 e. The van der Waals surface area contributed by atoms with Crippen LogP contribution in [0.25, 0.3) is 0 Å². The van der Waals surface area contributed by atoms with Gasteiger partial charge in [0.15, 0.2) is 5.03 Å². The van der Waals surface area contributed by atoms with Crippen molar-refractivity contribution >= 4 is 10.0 Å². The van der Waals surface area contributed by atoms with E-state index < -0.39 is 10.0 Å². The highest BCUT2D eigenvalue weighted by molar-refractivity contribution is 7.89. The van der Waals surface area contributed by atoms with E-state index in [1.807, 2.05) is 0 Å². The van der Waals surface area contributed by atoms with E-state index in [4.69, 9.17) is 0 Å². The van der Waals surface area contributed by atoms with Crippen LogP contribution in [0.1, 0.15) is 24.8 Å². The van der Waals surface area contributed by atoms with Crippen molar-refractivity contribution in [3.05, 3.63) is 11.8 Å². The van der Waals surface area contributed by atoms with E-state index in [0.29, 0.717) is 12.1 Å². The van der Waals surface area contributed by atoms with Crippen molar-refractivity contribution in [3.63, 3.8) is 0 Å². The van der Waals surface area contributed by atoms with Gasteiger partial charge in [-0.25, -0.2) is 8.42 Å². The average molecular weight is 258 g/mol. The minimum atomic E-state index is -3.43. The first-order valence-corrected chi connectivity index (χ1v) is 7.16. The third-order valence-corrected chi connectivity index (χ3v) is 5.20. The van der Waals surface area contributed by atoms with E-state index in [2.05, 4.69) is 15.5 Å². The van der Waals surface area contributed by atoms with Gasteiger partial charge in [-0.05, 0) is 19.9 Å². The molecule has 0 spiro atoms. The predicted octanol–water partition coefficient (Wildman–Crippen LogP) is 0.302. The number of H-pyrrole nitrogens is 1. The van der Waals surface area contributed by atoms with Crippen LogP contribution in [0, 0.1) is 0 Å². The van der Waals surface area contributed by atoms with Crippen molar-refractivity contribution in [2.45, 2.75) is 36.9 Å². The monoisotopic (exact) mass is 258 g/mol. The lowest BCUT2D eigenvalue weighted by Gasteiger charge is -2.33. The Morgan fingerprint density at radius 2 is 2.29 bits per heavy atom. The molecule has 0 aliphatic heterocycles. The number of hydrogen-bond acceptors (Lipinski definition) is 4. The second-order valence-corrected chi connectivity index (χ2v) is 6.30. The summed E-state index contributed by atoms with van der Waals surface area (Å²) in [7, 11) is -0.0145. The van der Waals surface area contributed by atoms with Crippen LogP contribution in [0.3, 0.4) is 0 Å². The van der Waals surface area contributed by atoms with Gasteiger partial charge in [0.1, 0.15) is 0 Å². The Kier molecular flexibility index (Phi) is 3.50. The molecule has 6 nitrogen and oxygen atoms in total. The molecule has 1 fully saturated rings.